The number of rotatable bonds is 7. The zero-order valence-electron chi connectivity index (χ0n) is 9.47. The maximum Gasteiger partial charge on any atom is -0.0282 e. The van der Waals surface area contributed by atoms with Crippen LogP contribution in [0.2, 0.25) is 0 Å². The lowest BCUT2D eigenvalue weighted by Gasteiger charge is -2.00. The van der Waals surface area contributed by atoms with Gasteiger partial charge in [0.05, 0.1) is 0 Å². The van der Waals surface area contributed by atoms with E-state index in [4.69, 9.17) is 0 Å². The van der Waals surface area contributed by atoms with Crippen molar-refractivity contribution in [1.82, 2.24) is 0 Å². The summed E-state index contributed by atoms with van der Waals surface area (Å²) in [6.07, 6.45) is 14.6. The van der Waals surface area contributed by atoms with Crippen LogP contribution in [0, 0.1) is 0 Å². The van der Waals surface area contributed by atoms with Crippen molar-refractivity contribution < 1.29 is 0 Å². The fourth-order valence-electron chi connectivity index (χ4n) is 1.30. The molecule has 0 radical (unpaired) electrons. The van der Waals surface area contributed by atoms with Crippen LogP contribution < -0.4 is 0 Å². The van der Waals surface area contributed by atoms with Gasteiger partial charge < -0.3 is 0 Å². The van der Waals surface area contributed by atoms with E-state index < -0.39 is 0 Å². The maximum atomic E-state index is 2.29. The second-order valence-corrected chi connectivity index (χ2v) is 3.51. The summed E-state index contributed by atoms with van der Waals surface area (Å²) >= 11 is 0. The standard InChI is InChI=1S/C13H24/c1-4-7-9-11-13(6-3)12-10-8-5-2/h6,9,11H,4-5,7-8,10,12H2,1-3H3. The fraction of sp³-hybridized carbons (Fsp3) is 0.692. The highest BCUT2D eigenvalue weighted by atomic mass is 14.0. The van der Waals surface area contributed by atoms with Crippen LogP contribution in [0.4, 0.5) is 0 Å². The monoisotopic (exact) mass is 180 g/mol. The molecular formula is C13H24. The molecule has 0 heterocycles. The van der Waals surface area contributed by atoms with E-state index in [1.807, 2.05) is 0 Å². The predicted molar refractivity (Wildman–Crippen MR) is 61.9 cm³/mol. The van der Waals surface area contributed by atoms with Crippen molar-refractivity contribution in [2.75, 3.05) is 0 Å². The average molecular weight is 180 g/mol. The van der Waals surface area contributed by atoms with Gasteiger partial charge in [-0.1, -0.05) is 56.9 Å². The number of allylic oxidation sites excluding steroid dienone is 4. The Hall–Kier alpha value is -0.520. The van der Waals surface area contributed by atoms with Gasteiger partial charge in [-0.2, -0.15) is 0 Å². The summed E-state index contributed by atoms with van der Waals surface area (Å²) in [5, 5.41) is 0. The Labute approximate surface area is 83.7 Å². The summed E-state index contributed by atoms with van der Waals surface area (Å²) in [4.78, 5) is 0. The molecule has 0 aromatic heterocycles. The van der Waals surface area contributed by atoms with E-state index in [1.165, 1.54) is 44.1 Å². The topological polar surface area (TPSA) is 0 Å². The van der Waals surface area contributed by atoms with Crippen molar-refractivity contribution in [2.24, 2.45) is 0 Å². The third kappa shape index (κ3) is 7.83. The molecule has 13 heavy (non-hydrogen) atoms. The fourth-order valence-corrected chi connectivity index (χ4v) is 1.30. The van der Waals surface area contributed by atoms with Gasteiger partial charge in [0.25, 0.3) is 0 Å². The van der Waals surface area contributed by atoms with Crippen LogP contribution >= 0.6 is 0 Å². The zero-order valence-corrected chi connectivity index (χ0v) is 9.47. The molecule has 0 saturated heterocycles. The Bertz CT molecular complexity index is 151. The Morgan fingerprint density at radius 2 is 1.85 bits per heavy atom. The SMILES string of the molecule is CC=C(C=CCCC)CCCCC. The summed E-state index contributed by atoms with van der Waals surface area (Å²) in [6, 6.07) is 0. The Kier molecular flexibility index (Phi) is 9.18. The minimum absolute atomic E-state index is 1.21. The lowest BCUT2D eigenvalue weighted by Crippen LogP contribution is -1.80. The van der Waals surface area contributed by atoms with Gasteiger partial charge >= 0.3 is 0 Å². The smallest absolute Gasteiger partial charge is 0.0282 e. The second-order valence-electron chi connectivity index (χ2n) is 3.51. The number of hydrogen-bond donors (Lipinski definition) is 0. The minimum Gasteiger partial charge on any atom is -0.0845 e. The summed E-state index contributed by atoms with van der Waals surface area (Å²) in [7, 11) is 0. The number of unbranched alkanes of at least 4 members (excludes halogenated alkanes) is 3. The molecule has 0 saturated carbocycles. The van der Waals surface area contributed by atoms with Crippen LogP contribution in [-0.2, 0) is 0 Å². The molecule has 76 valence electrons. The predicted octanol–water partition coefficient (Wildman–Crippen LogP) is 4.87. The summed E-state index contributed by atoms with van der Waals surface area (Å²) < 4.78 is 0. The van der Waals surface area contributed by atoms with Crippen molar-refractivity contribution in [3.8, 4) is 0 Å². The highest BCUT2D eigenvalue weighted by Gasteiger charge is 1.90. The van der Waals surface area contributed by atoms with Gasteiger partial charge in [0, 0.05) is 0 Å². The quantitative estimate of drug-likeness (QED) is 0.387. The summed E-state index contributed by atoms with van der Waals surface area (Å²) in [5.74, 6) is 0. The van der Waals surface area contributed by atoms with E-state index in [2.05, 4.69) is 39.0 Å². The summed E-state index contributed by atoms with van der Waals surface area (Å²) in [6.45, 7) is 6.61. The van der Waals surface area contributed by atoms with Crippen LogP contribution in [0.25, 0.3) is 0 Å². The lowest BCUT2D eigenvalue weighted by atomic mass is 10.1. The van der Waals surface area contributed by atoms with E-state index >= 15 is 0 Å². The average Bonchev–Trinajstić information content (AvgIpc) is 2.16. The molecule has 0 spiro atoms. The molecule has 0 aromatic carbocycles. The second kappa shape index (κ2) is 9.57. The van der Waals surface area contributed by atoms with Gasteiger partial charge in [0.1, 0.15) is 0 Å². The van der Waals surface area contributed by atoms with Crippen LogP contribution in [0.3, 0.4) is 0 Å². The van der Waals surface area contributed by atoms with Crippen molar-refractivity contribution in [3.05, 3.63) is 23.8 Å². The molecule has 0 N–H and O–H groups in total. The van der Waals surface area contributed by atoms with Gasteiger partial charge in [-0.25, -0.2) is 0 Å². The van der Waals surface area contributed by atoms with Crippen molar-refractivity contribution >= 4 is 0 Å². The molecular weight excluding hydrogens is 156 g/mol. The molecule has 0 bridgehead atoms. The van der Waals surface area contributed by atoms with E-state index in [9.17, 15) is 0 Å². The van der Waals surface area contributed by atoms with Gasteiger partial charge in [0.15, 0.2) is 0 Å². The Balaban J connectivity index is 3.64. The zero-order chi connectivity index (χ0) is 9.94. The van der Waals surface area contributed by atoms with Crippen molar-refractivity contribution in [3.63, 3.8) is 0 Å². The third-order valence-corrected chi connectivity index (χ3v) is 2.23. The van der Waals surface area contributed by atoms with Crippen LogP contribution in [0.1, 0.15) is 59.3 Å². The van der Waals surface area contributed by atoms with Crippen LogP contribution in [0.15, 0.2) is 23.8 Å². The lowest BCUT2D eigenvalue weighted by molar-refractivity contribution is 0.718. The molecule has 0 unspecified atom stereocenters. The first-order valence-corrected chi connectivity index (χ1v) is 5.66. The normalized spacial score (nSPS) is 12.7. The Morgan fingerprint density at radius 1 is 1.08 bits per heavy atom. The maximum absolute atomic E-state index is 2.29. The minimum atomic E-state index is 1.21. The van der Waals surface area contributed by atoms with Crippen molar-refractivity contribution in [1.29, 1.82) is 0 Å². The number of hydrogen-bond acceptors (Lipinski definition) is 0. The third-order valence-electron chi connectivity index (χ3n) is 2.23. The van der Waals surface area contributed by atoms with E-state index in [0.29, 0.717) is 0 Å². The van der Waals surface area contributed by atoms with Crippen molar-refractivity contribution in [2.45, 2.75) is 59.3 Å². The van der Waals surface area contributed by atoms with Crippen LogP contribution in [-0.4, -0.2) is 0 Å². The van der Waals surface area contributed by atoms with E-state index in [-0.39, 0.29) is 0 Å². The highest BCUT2D eigenvalue weighted by Crippen LogP contribution is 2.10. The molecule has 0 aliphatic carbocycles. The Morgan fingerprint density at radius 3 is 2.38 bits per heavy atom. The summed E-state index contributed by atoms with van der Waals surface area (Å²) in [5.41, 5.74) is 1.50. The first kappa shape index (κ1) is 12.5. The first-order valence-electron chi connectivity index (χ1n) is 5.66. The molecule has 0 heteroatoms. The molecule has 0 nitrogen and oxygen atoms in total. The van der Waals surface area contributed by atoms with Crippen LogP contribution in [0.5, 0.6) is 0 Å². The molecule has 0 aromatic rings. The van der Waals surface area contributed by atoms with Gasteiger partial charge in [-0.05, 0) is 26.2 Å². The van der Waals surface area contributed by atoms with E-state index in [0.717, 1.165) is 0 Å². The van der Waals surface area contributed by atoms with Gasteiger partial charge in [-0.3, -0.25) is 0 Å². The van der Waals surface area contributed by atoms with Gasteiger partial charge in [-0.15, -0.1) is 0 Å². The van der Waals surface area contributed by atoms with E-state index in [1.54, 1.807) is 0 Å². The molecule has 0 amide bonds. The van der Waals surface area contributed by atoms with Gasteiger partial charge in [0.2, 0.25) is 0 Å². The largest absolute Gasteiger partial charge is 0.0845 e. The molecule has 0 rings (SSSR count). The highest BCUT2D eigenvalue weighted by molar-refractivity contribution is 5.17. The molecule has 0 fully saturated rings. The first-order chi connectivity index (χ1) is 6.35. The molecule has 0 aliphatic rings. The molecule has 0 atom stereocenters. The molecule has 0 aliphatic heterocycles.